The third kappa shape index (κ3) is 2.97. The van der Waals surface area contributed by atoms with E-state index < -0.39 is 0 Å². The second-order valence-corrected chi connectivity index (χ2v) is 3.45. The van der Waals surface area contributed by atoms with Crippen molar-refractivity contribution in [2.75, 3.05) is 33.3 Å². The van der Waals surface area contributed by atoms with Crippen molar-refractivity contribution >= 4 is 5.97 Å². The van der Waals surface area contributed by atoms with Crippen molar-refractivity contribution in [3.8, 4) is 0 Å². The average molecular weight is 186 g/mol. The maximum Gasteiger partial charge on any atom is 0.309 e. The second kappa shape index (κ2) is 5.19. The van der Waals surface area contributed by atoms with Crippen molar-refractivity contribution in [1.82, 2.24) is 4.90 Å². The van der Waals surface area contributed by atoms with Gasteiger partial charge < -0.3 is 15.4 Å². The van der Waals surface area contributed by atoms with Crippen molar-refractivity contribution in [3.05, 3.63) is 0 Å². The van der Waals surface area contributed by atoms with Gasteiger partial charge >= 0.3 is 5.97 Å². The predicted octanol–water partition coefficient (Wildman–Crippen LogP) is -0.170. The Morgan fingerprint density at radius 2 is 2.46 bits per heavy atom. The minimum atomic E-state index is -0.0817. The Morgan fingerprint density at radius 3 is 3.08 bits per heavy atom. The monoisotopic (exact) mass is 186 g/mol. The number of esters is 1. The molecule has 0 amide bonds. The maximum absolute atomic E-state index is 11.2. The Bertz CT molecular complexity index is 171. The normalized spacial score (nSPS) is 24.3. The summed E-state index contributed by atoms with van der Waals surface area (Å²) in [6.45, 7) is 3.41. The number of rotatable bonds is 3. The van der Waals surface area contributed by atoms with E-state index in [-0.39, 0.29) is 11.9 Å². The van der Waals surface area contributed by atoms with Crippen LogP contribution in [0.1, 0.15) is 12.8 Å². The number of ether oxygens (including phenoxy) is 1. The van der Waals surface area contributed by atoms with E-state index in [1.165, 1.54) is 7.11 Å². The summed E-state index contributed by atoms with van der Waals surface area (Å²) < 4.78 is 4.72. The number of likely N-dealkylation sites (tertiary alicyclic amines) is 1. The molecule has 4 heteroatoms. The molecule has 0 bridgehead atoms. The lowest BCUT2D eigenvalue weighted by Crippen LogP contribution is -2.41. The van der Waals surface area contributed by atoms with Crippen LogP contribution in [0.25, 0.3) is 0 Å². The van der Waals surface area contributed by atoms with Gasteiger partial charge in [-0.3, -0.25) is 4.79 Å². The lowest BCUT2D eigenvalue weighted by atomic mass is 9.98. The summed E-state index contributed by atoms with van der Waals surface area (Å²) >= 11 is 0. The molecule has 1 heterocycles. The fourth-order valence-electron chi connectivity index (χ4n) is 1.80. The molecule has 4 nitrogen and oxygen atoms in total. The summed E-state index contributed by atoms with van der Waals surface area (Å²) in [4.78, 5) is 13.5. The summed E-state index contributed by atoms with van der Waals surface area (Å²) in [5, 5.41) is 0. The number of carbonyl (C=O) groups excluding carboxylic acids is 1. The van der Waals surface area contributed by atoms with Crippen molar-refractivity contribution in [3.63, 3.8) is 0 Å². The summed E-state index contributed by atoms with van der Waals surface area (Å²) in [6.07, 6.45) is 2.02. The molecule has 1 aliphatic heterocycles. The molecule has 1 rings (SSSR count). The third-order valence-electron chi connectivity index (χ3n) is 2.49. The number of hydrogen-bond donors (Lipinski definition) is 1. The first-order valence-corrected chi connectivity index (χ1v) is 4.78. The molecule has 1 atom stereocenters. The second-order valence-electron chi connectivity index (χ2n) is 3.45. The molecule has 0 aromatic heterocycles. The lowest BCUT2D eigenvalue weighted by Gasteiger charge is -2.30. The fourth-order valence-corrected chi connectivity index (χ4v) is 1.80. The van der Waals surface area contributed by atoms with Crippen molar-refractivity contribution in [2.45, 2.75) is 12.8 Å². The van der Waals surface area contributed by atoms with Gasteiger partial charge in [-0.2, -0.15) is 0 Å². The van der Waals surface area contributed by atoms with E-state index in [4.69, 9.17) is 10.5 Å². The average Bonchev–Trinajstić information content (AvgIpc) is 2.18. The molecule has 2 N–H and O–H groups in total. The van der Waals surface area contributed by atoms with Crippen LogP contribution in [0.3, 0.4) is 0 Å². The highest BCUT2D eigenvalue weighted by Crippen LogP contribution is 2.16. The zero-order valence-electron chi connectivity index (χ0n) is 8.16. The Kier molecular flexibility index (Phi) is 4.18. The van der Waals surface area contributed by atoms with Crippen LogP contribution in [0.15, 0.2) is 0 Å². The molecule has 0 saturated carbocycles. The van der Waals surface area contributed by atoms with Crippen LogP contribution >= 0.6 is 0 Å². The van der Waals surface area contributed by atoms with Gasteiger partial charge in [-0.05, 0) is 19.4 Å². The van der Waals surface area contributed by atoms with Crippen LogP contribution in [-0.2, 0) is 9.53 Å². The lowest BCUT2D eigenvalue weighted by molar-refractivity contribution is -0.147. The first-order valence-electron chi connectivity index (χ1n) is 4.78. The van der Waals surface area contributed by atoms with Gasteiger partial charge in [-0.25, -0.2) is 0 Å². The smallest absolute Gasteiger partial charge is 0.309 e. The molecule has 0 aromatic carbocycles. The molecule has 1 unspecified atom stereocenters. The van der Waals surface area contributed by atoms with Gasteiger partial charge in [0.2, 0.25) is 0 Å². The molecule has 1 saturated heterocycles. The molecule has 1 fully saturated rings. The van der Waals surface area contributed by atoms with Crippen LogP contribution < -0.4 is 5.73 Å². The quantitative estimate of drug-likeness (QED) is 0.622. The first-order chi connectivity index (χ1) is 6.27. The summed E-state index contributed by atoms with van der Waals surface area (Å²) in [7, 11) is 1.45. The Hall–Kier alpha value is -0.610. The number of methoxy groups -OCH3 is 1. The highest BCUT2D eigenvalue weighted by molar-refractivity contribution is 5.72. The zero-order valence-corrected chi connectivity index (χ0v) is 8.16. The van der Waals surface area contributed by atoms with Crippen molar-refractivity contribution < 1.29 is 9.53 Å². The van der Waals surface area contributed by atoms with E-state index in [1.807, 2.05) is 0 Å². The molecule has 76 valence electrons. The van der Waals surface area contributed by atoms with Gasteiger partial charge in [0.25, 0.3) is 0 Å². The minimum absolute atomic E-state index is 0.0605. The fraction of sp³-hybridized carbons (Fsp3) is 0.889. The van der Waals surface area contributed by atoms with Crippen molar-refractivity contribution in [2.24, 2.45) is 11.7 Å². The van der Waals surface area contributed by atoms with E-state index in [0.29, 0.717) is 6.54 Å². The zero-order chi connectivity index (χ0) is 9.68. The van der Waals surface area contributed by atoms with Crippen LogP contribution in [0.4, 0.5) is 0 Å². The number of piperidine rings is 1. The van der Waals surface area contributed by atoms with Crippen LogP contribution in [0.2, 0.25) is 0 Å². The summed E-state index contributed by atoms with van der Waals surface area (Å²) in [5.41, 5.74) is 5.46. The van der Waals surface area contributed by atoms with E-state index in [0.717, 1.165) is 32.5 Å². The Balaban J connectivity index is 2.37. The van der Waals surface area contributed by atoms with Crippen LogP contribution in [-0.4, -0.2) is 44.2 Å². The molecular formula is C9H18N2O2. The van der Waals surface area contributed by atoms with Crippen molar-refractivity contribution in [1.29, 1.82) is 0 Å². The predicted molar refractivity (Wildman–Crippen MR) is 50.2 cm³/mol. The van der Waals surface area contributed by atoms with Gasteiger partial charge in [0.15, 0.2) is 0 Å². The molecule has 0 radical (unpaired) electrons. The number of nitrogens with two attached hydrogens (primary N) is 1. The van der Waals surface area contributed by atoms with E-state index in [2.05, 4.69) is 4.90 Å². The number of nitrogens with zero attached hydrogens (tertiary/aromatic N) is 1. The molecular weight excluding hydrogens is 168 g/mol. The van der Waals surface area contributed by atoms with Gasteiger partial charge in [0.05, 0.1) is 13.0 Å². The van der Waals surface area contributed by atoms with Gasteiger partial charge in [-0.15, -0.1) is 0 Å². The standard InChI is InChI=1S/C9H18N2O2/c1-13-9(12)8-3-2-5-11(7-8)6-4-10/h8H,2-7,10H2,1H3. The molecule has 0 aliphatic carbocycles. The molecule has 13 heavy (non-hydrogen) atoms. The topological polar surface area (TPSA) is 55.6 Å². The molecule has 1 aliphatic rings. The van der Waals surface area contributed by atoms with E-state index in [1.54, 1.807) is 0 Å². The summed E-state index contributed by atoms with van der Waals surface area (Å²) in [6, 6.07) is 0. The van der Waals surface area contributed by atoms with Crippen LogP contribution in [0, 0.1) is 5.92 Å². The van der Waals surface area contributed by atoms with E-state index >= 15 is 0 Å². The summed E-state index contributed by atoms with van der Waals surface area (Å²) in [5.74, 6) is -0.0213. The minimum Gasteiger partial charge on any atom is -0.469 e. The number of hydrogen-bond acceptors (Lipinski definition) is 4. The molecule has 0 aromatic rings. The highest BCUT2D eigenvalue weighted by Gasteiger charge is 2.25. The number of carbonyl (C=O) groups is 1. The largest absolute Gasteiger partial charge is 0.469 e. The third-order valence-corrected chi connectivity index (χ3v) is 2.49. The highest BCUT2D eigenvalue weighted by atomic mass is 16.5. The SMILES string of the molecule is COC(=O)C1CCCN(CCN)C1. The van der Waals surface area contributed by atoms with Gasteiger partial charge in [0.1, 0.15) is 0 Å². The van der Waals surface area contributed by atoms with Gasteiger partial charge in [0, 0.05) is 19.6 Å². The first kappa shape index (κ1) is 10.5. The molecule has 0 spiro atoms. The van der Waals surface area contributed by atoms with Gasteiger partial charge in [-0.1, -0.05) is 0 Å². The van der Waals surface area contributed by atoms with E-state index in [9.17, 15) is 4.79 Å². The van der Waals surface area contributed by atoms with Crippen LogP contribution in [0.5, 0.6) is 0 Å². The maximum atomic E-state index is 11.2. The Labute approximate surface area is 79.0 Å². The Morgan fingerprint density at radius 1 is 1.69 bits per heavy atom.